The van der Waals surface area contributed by atoms with Gasteiger partial charge in [-0.2, -0.15) is 0 Å². The molecule has 0 aliphatic heterocycles. The molecule has 0 spiro atoms. The van der Waals surface area contributed by atoms with Gasteiger partial charge in [0, 0.05) is 6.07 Å². The van der Waals surface area contributed by atoms with Gasteiger partial charge in [0.05, 0.1) is 21.2 Å². The van der Waals surface area contributed by atoms with E-state index in [9.17, 15) is 8.78 Å². The Morgan fingerprint density at radius 1 is 1.14 bits per heavy atom. The van der Waals surface area contributed by atoms with Gasteiger partial charge >= 0.3 is 0 Å². The Morgan fingerprint density at radius 2 is 1.91 bits per heavy atom. The first-order chi connectivity index (χ1) is 10.5. The molecule has 0 unspecified atom stereocenters. The monoisotopic (exact) mass is 404 g/mol. The quantitative estimate of drug-likeness (QED) is 0.475. The lowest BCUT2D eigenvalue weighted by Crippen LogP contribution is -2.01. The molecule has 9 heteroatoms. The van der Waals surface area contributed by atoms with E-state index in [-0.39, 0.29) is 37.2 Å². The summed E-state index contributed by atoms with van der Waals surface area (Å²) in [6, 6.07) is 4.06. The predicted molar refractivity (Wildman–Crippen MR) is 84.7 cm³/mol. The molecular weight excluding hydrogens is 401 g/mol. The molecule has 1 N–H and O–H groups in total. The van der Waals surface area contributed by atoms with Crippen LogP contribution in [-0.2, 0) is 0 Å². The first-order valence-electron chi connectivity index (χ1n) is 5.84. The zero-order valence-electron chi connectivity index (χ0n) is 10.5. The number of halogens is 5. The second kappa shape index (κ2) is 5.91. The van der Waals surface area contributed by atoms with Crippen molar-refractivity contribution in [3.63, 3.8) is 0 Å². The van der Waals surface area contributed by atoms with Crippen LogP contribution in [0.4, 0.5) is 20.3 Å². The molecule has 0 aliphatic carbocycles. The minimum Gasteiger partial charge on any atom is -0.336 e. The maximum absolute atomic E-state index is 14.1. The second-order valence-corrected chi connectivity index (χ2v) is 5.74. The maximum Gasteiger partial charge on any atom is 0.166 e. The van der Waals surface area contributed by atoms with E-state index in [1.54, 1.807) is 0 Å². The van der Waals surface area contributed by atoms with Gasteiger partial charge in [0.15, 0.2) is 17.5 Å². The molecule has 0 amide bonds. The Labute approximate surface area is 141 Å². The molecule has 1 aromatic carbocycles. The van der Waals surface area contributed by atoms with Crippen molar-refractivity contribution in [2.75, 3.05) is 5.32 Å². The molecule has 4 nitrogen and oxygen atoms in total. The molecule has 0 aliphatic rings. The van der Waals surface area contributed by atoms with Crippen LogP contribution < -0.4 is 5.32 Å². The van der Waals surface area contributed by atoms with Crippen molar-refractivity contribution in [1.29, 1.82) is 0 Å². The third-order valence-corrected chi connectivity index (χ3v) is 4.15. The first-order valence-corrected chi connectivity index (χ1v) is 7.39. The summed E-state index contributed by atoms with van der Waals surface area (Å²) in [5, 5.41) is 2.65. The summed E-state index contributed by atoms with van der Waals surface area (Å²) < 4.78 is 27.6. The van der Waals surface area contributed by atoms with Crippen LogP contribution in [0.3, 0.4) is 0 Å². The number of nitrogens with one attached hydrogen (secondary N) is 1. The molecule has 0 bridgehead atoms. The lowest BCUT2D eigenvalue weighted by atomic mass is 10.3. The molecular formula is C13H5BrCl2F2N4. The zero-order chi connectivity index (χ0) is 15.9. The van der Waals surface area contributed by atoms with Crippen LogP contribution in [0.1, 0.15) is 0 Å². The van der Waals surface area contributed by atoms with Crippen LogP contribution in [0.15, 0.2) is 29.1 Å². The molecule has 0 saturated heterocycles. The van der Waals surface area contributed by atoms with Crippen molar-refractivity contribution >= 4 is 61.7 Å². The first kappa shape index (κ1) is 15.3. The lowest BCUT2D eigenvalue weighted by Gasteiger charge is -2.10. The summed E-state index contributed by atoms with van der Waals surface area (Å²) >= 11 is 14.5. The van der Waals surface area contributed by atoms with Gasteiger partial charge in [0.2, 0.25) is 0 Å². The van der Waals surface area contributed by atoms with Crippen molar-refractivity contribution < 1.29 is 8.78 Å². The normalized spacial score (nSPS) is 11.0. The van der Waals surface area contributed by atoms with E-state index in [1.807, 2.05) is 0 Å². The average molecular weight is 406 g/mol. The van der Waals surface area contributed by atoms with Gasteiger partial charge in [-0.05, 0) is 28.1 Å². The van der Waals surface area contributed by atoms with Crippen LogP contribution in [0.2, 0.25) is 10.0 Å². The molecule has 2 aromatic heterocycles. The van der Waals surface area contributed by atoms with E-state index in [1.165, 1.54) is 24.5 Å². The van der Waals surface area contributed by atoms with E-state index in [0.717, 1.165) is 0 Å². The predicted octanol–water partition coefficient (Wildman–Crippen LogP) is 5.12. The highest BCUT2D eigenvalue weighted by Gasteiger charge is 2.14. The van der Waals surface area contributed by atoms with Crippen LogP contribution in [-0.4, -0.2) is 15.0 Å². The number of anilines is 2. The van der Waals surface area contributed by atoms with Gasteiger partial charge in [0.25, 0.3) is 0 Å². The Kier molecular flexibility index (Phi) is 4.12. The van der Waals surface area contributed by atoms with Gasteiger partial charge in [-0.15, -0.1) is 0 Å². The molecule has 0 atom stereocenters. The lowest BCUT2D eigenvalue weighted by molar-refractivity contribution is 0.615. The fraction of sp³-hybridized carbons (Fsp3) is 0. The highest BCUT2D eigenvalue weighted by Crippen LogP contribution is 2.32. The van der Waals surface area contributed by atoms with Crippen molar-refractivity contribution in [2.24, 2.45) is 0 Å². The van der Waals surface area contributed by atoms with Gasteiger partial charge in [-0.25, -0.2) is 23.7 Å². The van der Waals surface area contributed by atoms with E-state index < -0.39 is 11.6 Å². The van der Waals surface area contributed by atoms with E-state index in [0.29, 0.717) is 0 Å². The smallest absolute Gasteiger partial charge is 0.166 e. The van der Waals surface area contributed by atoms with Gasteiger partial charge < -0.3 is 5.32 Å². The van der Waals surface area contributed by atoms with Crippen molar-refractivity contribution in [2.45, 2.75) is 0 Å². The largest absolute Gasteiger partial charge is 0.336 e. The van der Waals surface area contributed by atoms with E-state index >= 15 is 0 Å². The molecule has 112 valence electrons. The molecule has 22 heavy (non-hydrogen) atoms. The highest BCUT2D eigenvalue weighted by atomic mass is 79.9. The Hall–Kier alpha value is -1.57. The van der Waals surface area contributed by atoms with Crippen LogP contribution in [0.5, 0.6) is 0 Å². The number of rotatable bonds is 2. The minimum absolute atomic E-state index is 0.00691. The van der Waals surface area contributed by atoms with E-state index in [4.69, 9.17) is 23.2 Å². The zero-order valence-corrected chi connectivity index (χ0v) is 13.6. The van der Waals surface area contributed by atoms with Crippen molar-refractivity contribution in [3.8, 4) is 0 Å². The fourth-order valence-electron chi connectivity index (χ4n) is 1.78. The third-order valence-electron chi connectivity index (χ3n) is 2.81. The maximum atomic E-state index is 14.1. The molecule has 0 fully saturated rings. The number of nitrogens with zero attached hydrogens (tertiary/aromatic N) is 3. The van der Waals surface area contributed by atoms with Crippen LogP contribution >= 0.6 is 39.1 Å². The summed E-state index contributed by atoms with van der Waals surface area (Å²) in [6.45, 7) is 0. The standard InChI is InChI=1S/C13H5BrCl2F2N4/c14-12-6(17)3-8-11(22-12)13(20-4-19-8)21-7-2-1-5(15)9(16)10(7)18/h1-4H,(H,19,20,21). The summed E-state index contributed by atoms with van der Waals surface area (Å²) in [7, 11) is 0. The summed E-state index contributed by atoms with van der Waals surface area (Å²) in [5.41, 5.74) is 0.622. The number of fused-ring (bicyclic) bond motifs is 1. The molecule has 0 saturated carbocycles. The number of hydrogen-bond acceptors (Lipinski definition) is 4. The van der Waals surface area contributed by atoms with Gasteiger partial charge in [0.1, 0.15) is 16.4 Å². The Morgan fingerprint density at radius 3 is 2.68 bits per heavy atom. The number of hydrogen-bond donors (Lipinski definition) is 1. The van der Waals surface area contributed by atoms with E-state index in [2.05, 4.69) is 36.2 Å². The second-order valence-electron chi connectivity index (χ2n) is 4.20. The fourth-order valence-corrected chi connectivity index (χ4v) is 2.38. The topological polar surface area (TPSA) is 50.7 Å². The molecule has 3 rings (SSSR count). The molecule has 0 radical (unpaired) electrons. The van der Waals surface area contributed by atoms with Gasteiger partial charge in [-0.1, -0.05) is 23.2 Å². The Bertz CT molecular complexity index is 892. The molecule has 3 aromatic rings. The number of benzene rings is 1. The molecule has 2 heterocycles. The Balaban J connectivity index is 2.12. The van der Waals surface area contributed by atoms with Crippen LogP contribution in [0.25, 0.3) is 11.0 Å². The summed E-state index contributed by atoms with van der Waals surface area (Å²) in [6.07, 6.45) is 1.22. The summed E-state index contributed by atoms with van der Waals surface area (Å²) in [4.78, 5) is 11.9. The number of pyridine rings is 1. The van der Waals surface area contributed by atoms with Crippen LogP contribution in [0, 0.1) is 11.6 Å². The SMILES string of the molecule is Fc1cc2ncnc(Nc3ccc(Cl)c(Cl)c3F)c2nc1Br. The number of aromatic nitrogens is 3. The van der Waals surface area contributed by atoms with Crippen molar-refractivity contribution in [3.05, 3.63) is 50.8 Å². The minimum atomic E-state index is -0.720. The summed E-state index contributed by atoms with van der Waals surface area (Å²) in [5.74, 6) is -1.07. The van der Waals surface area contributed by atoms with Crippen molar-refractivity contribution in [1.82, 2.24) is 15.0 Å². The highest BCUT2D eigenvalue weighted by molar-refractivity contribution is 9.10. The average Bonchev–Trinajstić information content (AvgIpc) is 2.50. The van der Waals surface area contributed by atoms with Gasteiger partial charge in [-0.3, -0.25) is 0 Å². The third kappa shape index (κ3) is 2.71.